The summed E-state index contributed by atoms with van der Waals surface area (Å²) in [5, 5.41) is 24.5. The number of hydrogen-bond donors (Lipinski definition) is 5. The molecule has 0 spiro atoms. The predicted octanol–water partition coefficient (Wildman–Crippen LogP) is -1.37. The van der Waals surface area contributed by atoms with Crippen LogP contribution in [0.15, 0.2) is 23.8 Å². The second-order valence-corrected chi connectivity index (χ2v) is 7.86. The van der Waals surface area contributed by atoms with Crippen LogP contribution in [0.2, 0.25) is 0 Å². The van der Waals surface area contributed by atoms with Crippen LogP contribution in [0.4, 0.5) is 5.95 Å². The second kappa shape index (κ2) is 11.3. The van der Waals surface area contributed by atoms with Gasteiger partial charge in [0.05, 0.1) is 6.33 Å². The molecule has 1 saturated heterocycles. The average Bonchev–Trinajstić information content (AvgIpc) is 3.25. The van der Waals surface area contributed by atoms with Crippen molar-refractivity contribution in [2.75, 3.05) is 31.6 Å². The number of rotatable bonds is 10. The van der Waals surface area contributed by atoms with Gasteiger partial charge in [0.25, 0.3) is 5.56 Å². The third kappa shape index (κ3) is 6.24. The lowest BCUT2D eigenvalue weighted by Gasteiger charge is -2.31. The van der Waals surface area contributed by atoms with Gasteiger partial charge in [0, 0.05) is 19.0 Å². The lowest BCUT2D eigenvalue weighted by atomic mass is 10.2. The lowest BCUT2D eigenvalue weighted by molar-refractivity contribution is -0.180. The minimum Gasteiger partial charge on any atom is -0.461 e. The summed E-state index contributed by atoms with van der Waals surface area (Å²) in [6, 6.07) is 0. The quantitative estimate of drug-likeness (QED) is 0.153. The van der Waals surface area contributed by atoms with Gasteiger partial charge in [0.15, 0.2) is 17.5 Å². The van der Waals surface area contributed by atoms with Gasteiger partial charge < -0.3 is 29.7 Å². The Morgan fingerprint density at radius 1 is 1.41 bits per heavy atom. The van der Waals surface area contributed by atoms with Gasteiger partial charge in [-0.25, -0.2) is 9.78 Å². The van der Waals surface area contributed by atoms with Crippen molar-refractivity contribution < 1.29 is 34.0 Å². The van der Waals surface area contributed by atoms with Crippen molar-refractivity contribution in [1.29, 1.82) is 0 Å². The summed E-state index contributed by atoms with van der Waals surface area (Å²) in [5.74, 6) is -1.37. The van der Waals surface area contributed by atoms with E-state index in [1.54, 1.807) is 18.4 Å². The SMILES string of the molecule is C=CC(O)C(O)OCC(=O)OCC1CNCC(n2cnc3c(=O)[nH]c(NC(=O)C(C)C)nc32)O1. The molecule has 0 bridgehead atoms. The molecule has 2 aromatic rings. The number of nitrogens with one attached hydrogen (secondary N) is 3. The Morgan fingerprint density at radius 3 is 2.88 bits per heavy atom. The summed E-state index contributed by atoms with van der Waals surface area (Å²) < 4.78 is 17.4. The first-order valence-corrected chi connectivity index (χ1v) is 10.6. The van der Waals surface area contributed by atoms with Crippen LogP contribution in [0, 0.1) is 5.92 Å². The summed E-state index contributed by atoms with van der Waals surface area (Å²) in [7, 11) is 0. The minimum atomic E-state index is -1.59. The summed E-state index contributed by atoms with van der Waals surface area (Å²) in [6.07, 6.45) is -1.60. The molecule has 186 valence electrons. The van der Waals surface area contributed by atoms with Gasteiger partial charge in [-0.1, -0.05) is 19.9 Å². The Bertz CT molecular complexity index is 1080. The number of aromatic nitrogens is 4. The van der Waals surface area contributed by atoms with E-state index in [4.69, 9.17) is 14.2 Å². The highest BCUT2D eigenvalue weighted by molar-refractivity contribution is 5.91. The highest BCUT2D eigenvalue weighted by Gasteiger charge is 2.27. The van der Waals surface area contributed by atoms with Crippen molar-refractivity contribution in [3.63, 3.8) is 0 Å². The van der Waals surface area contributed by atoms with E-state index >= 15 is 0 Å². The fourth-order valence-corrected chi connectivity index (χ4v) is 3.00. The number of fused-ring (bicyclic) bond motifs is 1. The average molecular weight is 480 g/mol. The molecule has 5 N–H and O–H groups in total. The second-order valence-electron chi connectivity index (χ2n) is 7.86. The third-order valence-corrected chi connectivity index (χ3v) is 4.88. The summed E-state index contributed by atoms with van der Waals surface area (Å²) in [6.45, 7) is 6.80. The van der Waals surface area contributed by atoms with Crippen LogP contribution in [0.3, 0.4) is 0 Å². The Kier molecular flexibility index (Phi) is 8.46. The lowest BCUT2D eigenvalue weighted by Crippen LogP contribution is -2.45. The molecule has 1 fully saturated rings. The number of anilines is 1. The molecule has 14 nitrogen and oxygen atoms in total. The number of imidazole rings is 1. The molecular weight excluding hydrogens is 452 g/mol. The molecule has 14 heteroatoms. The summed E-state index contributed by atoms with van der Waals surface area (Å²) in [5.41, 5.74) is -0.214. The fraction of sp³-hybridized carbons (Fsp3) is 0.550. The molecule has 3 heterocycles. The highest BCUT2D eigenvalue weighted by Crippen LogP contribution is 2.20. The van der Waals surface area contributed by atoms with E-state index < -0.39 is 42.9 Å². The molecule has 0 radical (unpaired) electrons. The van der Waals surface area contributed by atoms with E-state index in [0.717, 1.165) is 6.08 Å². The number of nitrogens with zero attached hydrogens (tertiary/aromatic N) is 3. The monoisotopic (exact) mass is 480 g/mol. The Morgan fingerprint density at radius 2 is 2.18 bits per heavy atom. The highest BCUT2D eigenvalue weighted by atomic mass is 16.6. The number of aliphatic hydroxyl groups is 2. The number of morpholine rings is 1. The number of ether oxygens (including phenoxy) is 3. The van der Waals surface area contributed by atoms with Gasteiger partial charge >= 0.3 is 5.97 Å². The van der Waals surface area contributed by atoms with Crippen LogP contribution in [0.1, 0.15) is 20.1 Å². The Balaban J connectivity index is 1.63. The first kappa shape index (κ1) is 25.5. The Hall–Kier alpha value is -3.17. The van der Waals surface area contributed by atoms with Crippen molar-refractivity contribution in [1.82, 2.24) is 24.8 Å². The normalized spacial score (nSPS) is 20.1. The zero-order valence-electron chi connectivity index (χ0n) is 18.8. The van der Waals surface area contributed by atoms with Gasteiger partial charge in [0.2, 0.25) is 11.9 Å². The predicted molar refractivity (Wildman–Crippen MR) is 118 cm³/mol. The third-order valence-electron chi connectivity index (χ3n) is 4.88. The minimum absolute atomic E-state index is 0.00374. The first-order chi connectivity index (χ1) is 16.2. The van der Waals surface area contributed by atoms with E-state index in [1.165, 1.54) is 6.33 Å². The molecule has 3 rings (SSSR count). The maximum Gasteiger partial charge on any atom is 0.332 e. The van der Waals surface area contributed by atoms with Crippen molar-refractivity contribution in [2.45, 2.75) is 38.6 Å². The fourth-order valence-electron chi connectivity index (χ4n) is 3.00. The maximum atomic E-state index is 12.4. The topological polar surface area (TPSA) is 190 Å². The number of esters is 1. The largest absolute Gasteiger partial charge is 0.461 e. The zero-order chi connectivity index (χ0) is 24.8. The van der Waals surface area contributed by atoms with E-state index in [0.29, 0.717) is 13.1 Å². The van der Waals surface area contributed by atoms with Crippen molar-refractivity contribution in [3.8, 4) is 0 Å². The van der Waals surface area contributed by atoms with Gasteiger partial charge in [0.1, 0.15) is 31.6 Å². The van der Waals surface area contributed by atoms with Crippen molar-refractivity contribution in [2.24, 2.45) is 5.92 Å². The molecular formula is C20H28N6O8. The van der Waals surface area contributed by atoms with E-state index in [9.17, 15) is 24.6 Å². The smallest absolute Gasteiger partial charge is 0.332 e. The number of carbonyl (C=O) groups is 2. The number of hydrogen-bond acceptors (Lipinski definition) is 11. The molecule has 0 aromatic carbocycles. The van der Waals surface area contributed by atoms with Crippen LogP contribution < -0.4 is 16.2 Å². The molecule has 1 amide bonds. The first-order valence-electron chi connectivity index (χ1n) is 10.6. The summed E-state index contributed by atoms with van der Waals surface area (Å²) in [4.78, 5) is 47.1. The zero-order valence-corrected chi connectivity index (χ0v) is 18.8. The van der Waals surface area contributed by atoms with Crippen LogP contribution in [-0.4, -0.2) is 86.4 Å². The molecule has 1 aliphatic heterocycles. The summed E-state index contributed by atoms with van der Waals surface area (Å²) >= 11 is 0. The van der Waals surface area contributed by atoms with E-state index in [2.05, 4.69) is 32.2 Å². The van der Waals surface area contributed by atoms with Crippen molar-refractivity contribution in [3.05, 3.63) is 29.3 Å². The number of aliphatic hydroxyl groups excluding tert-OH is 2. The molecule has 1 aliphatic rings. The van der Waals surface area contributed by atoms with Crippen LogP contribution in [0.25, 0.3) is 11.2 Å². The number of aromatic amines is 1. The number of carbonyl (C=O) groups excluding carboxylic acids is 2. The van der Waals surface area contributed by atoms with E-state index in [-0.39, 0.29) is 35.5 Å². The van der Waals surface area contributed by atoms with Gasteiger partial charge in [-0.2, -0.15) is 4.98 Å². The van der Waals surface area contributed by atoms with Gasteiger partial charge in [-0.15, -0.1) is 6.58 Å². The van der Waals surface area contributed by atoms with E-state index in [1.807, 2.05) is 0 Å². The number of amides is 1. The van der Waals surface area contributed by atoms with Gasteiger partial charge in [-0.3, -0.25) is 24.5 Å². The molecule has 34 heavy (non-hydrogen) atoms. The Labute approximate surface area is 193 Å². The van der Waals surface area contributed by atoms with Gasteiger partial charge in [-0.05, 0) is 0 Å². The van der Waals surface area contributed by atoms with Crippen molar-refractivity contribution >= 4 is 29.0 Å². The molecule has 4 atom stereocenters. The van der Waals surface area contributed by atoms with Crippen LogP contribution in [-0.2, 0) is 23.8 Å². The van der Waals surface area contributed by atoms with Crippen LogP contribution in [0.5, 0.6) is 0 Å². The van der Waals surface area contributed by atoms with Crippen LogP contribution >= 0.6 is 0 Å². The molecule has 2 aromatic heterocycles. The maximum absolute atomic E-state index is 12.4. The molecule has 0 saturated carbocycles. The number of H-pyrrole nitrogens is 1. The molecule has 0 aliphatic carbocycles. The molecule has 4 unspecified atom stereocenters. The standard InChI is InChI=1S/C20H28N6O8/c1-4-12(27)19(31)33-8-14(28)32-7-11-5-21-6-13(34-11)26-9-22-15-16(26)23-20(25-18(15)30)24-17(29)10(2)3/h4,9-13,19,21,27,31H,1,5-8H2,2-3H3,(H2,23,24,25,29,30).